The first kappa shape index (κ1) is 119. The Morgan fingerprint density at radius 3 is 0.661 bits per heavy atom. The quantitative estimate of drug-likeness (QED) is 0.0480. The molecule has 0 N–H and O–H groups in total. The summed E-state index contributed by atoms with van der Waals surface area (Å²) < 4.78 is 135. The summed E-state index contributed by atoms with van der Waals surface area (Å²) in [5.74, 6) is -12.4. The van der Waals surface area contributed by atoms with E-state index in [1.165, 1.54) is 78.0 Å². The number of carbonyl (C=O) groups excluding carboxylic acids is 17. The number of rotatable bonds is 76. The summed E-state index contributed by atoms with van der Waals surface area (Å²) >= 11 is 0. The molecule has 0 saturated heterocycles. The average molecular weight is 1800 g/mol. The van der Waals surface area contributed by atoms with Crippen molar-refractivity contribution in [1.29, 1.82) is 0 Å². The first-order valence-electron chi connectivity index (χ1n) is 40.2. The molecule has 0 fully saturated rings. The molecule has 1 atom stereocenters. The van der Waals surface area contributed by atoms with E-state index in [2.05, 4.69) is 0 Å². The Bertz CT molecular complexity index is 2780. The minimum Gasteiger partial charge on any atom is -0.465 e. The van der Waals surface area contributed by atoms with Crippen LogP contribution in [0.25, 0.3) is 0 Å². The van der Waals surface area contributed by atoms with E-state index in [1.54, 1.807) is 0 Å². The summed E-state index contributed by atoms with van der Waals surface area (Å²) in [6.45, 7) is 1.40. The third kappa shape index (κ3) is 76.3. The lowest BCUT2D eigenvalue weighted by Crippen LogP contribution is -2.44. The van der Waals surface area contributed by atoms with E-state index in [-0.39, 0.29) is 273 Å². The smallest absolute Gasteiger partial charge is 0.310 e. The minimum absolute atomic E-state index is 0.00265. The van der Waals surface area contributed by atoms with Crippen LogP contribution >= 0.6 is 0 Å². The van der Waals surface area contributed by atoms with Gasteiger partial charge in [-0.05, 0) is 44.9 Å². The van der Waals surface area contributed by atoms with Crippen molar-refractivity contribution in [2.45, 2.75) is 154 Å². The molecular weight excluding hydrogens is 1660 g/mol. The number of esters is 17. The Hall–Kier alpha value is -9.41. The van der Waals surface area contributed by atoms with Crippen molar-refractivity contribution in [3.05, 3.63) is 0 Å². The van der Waals surface area contributed by atoms with Crippen LogP contribution in [0, 0.1) is 17.3 Å². The van der Waals surface area contributed by atoms with Gasteiger partial charge in [0, 0.05) is 155 Å². The zero-order chi connectivity index (χ0) is 93.1. The fourth-order valence-electron chi connectivity index (χ4n) is 8.88. The van der Waals surface area contributed by atoms with Crippen LogP contribution < -0.4 is 0 Å². The van der Waals surface area contributed by atoms with Gasteiger partial charge in [-0.15, -0.1) is 0 Å². The van der Waals surface area contributed by atoms with E-state index in [1.807, 2.05) is 0 Å². The zero-order valence-electron chi connectivity index (χ0n) is 73.6. The molecule has 0 aromatic heterocycles. The molecule has 44 nitrogen and oxygen atoms in total. The van der Waals surface area contributed by atoms with Gasteiger partial charge >= 0.3 is 101 Å². The number of hydrogen-bond acceptors (Lipinski definition) is 44. The normalized spacial score (nSPS) is 11.0. The molecule has 1 unspecified atom stereocenters. The predicted octanol–water partition coefficient (Wildman–Crippen LogP) is 2.85. The lowest BCUT2D eigenvalue weighted by molar-refractivity contribution is -0.172. The summed E-state index contributed by atoms with van der Waals surface area (Å²) in [7, 11) is 14.6. The van der Waals surface area contributed by atoms with Crippen molar-refractivity contribution in [3.63, 3.8) is 0 Å². The van der Waals surface area contributed by atoms with Crippen LogP contribution in [0.15, 0.2) is 0 Å². The lowest BCUT2D eigenvalue weighted by atomic mass is 9.91. The summed E-state index contributed by atoms with van der Waals surface area (Å²) in [4.78, 5) is 206. The van der Waals surface area contributed by atoms with Gasteiger partial charge in [0.2, 0.25) is 0 Å². The van der Waals surface area contributed by atoms with Crippen LogP contribution in [0.3, 0.4) is 0 Å². The molecule has 44 heteroatoms. The molecule has 0 amide bonds. The van der Waals surface area contributed by atoms with Crippen molar-refractivity contribution >= 4 is 101 Å². The maximum absolute atomic E-state index is 13.1. The highest BCUT2D eigenvalue weighted by Crippen LogP contribution is 2.25. The van der Waals surface area contributed by atoms with Gasteiger partial charge in [0.05, 0.1) is 90.7 Å². The molecule has 0 heterocycles. The monoisotopic (exact) mass is 1800 g/mol. The topological polar surface area (TPSA) is 539 Å². The van der Waals surface area contributed by atoms with Crippen LogP contribution in [0.2, 0.25) is 0 Å². The molecule has 0 radical (unpaired) electrons. The van der Waals surface area contributed by atoms with Crippen molar-refractivity contribution in [1.82, 2.24) is 0 Å². The second kappa shape index (κ2) is 83.2. The third-order valence-electron chi connectivity index (χ3n) is 15.7. The van der Waals surface area contributed by atoms with Crippen LogP contribution in [0.4, 0.5) is 0 Å². The van der Waals surface area contributed by atoms with E-state index >= 15 is 0 Å². The highest BCUT2D eigenvalue weighted by atomic mass is 16.6. The predicted molar refractivity (Wildman–Crippen MR) is 421 cm³/mol. The molecule has 0 saturated carbocycles. The highest BCUT2D eigenvalue weighted by Gasteiger charge is 2.39. The van der Waals surface area contributed by atoms with Crippen molar-refractivity contribution in [3.8, 4) is 0 Å². The molecule has 0 aromatic carbocycles. The Morgan fingerprint density at radius 2 is 0.411 bits per heavy atom. The van der Waals surface area contributed by atoms with Crippen LogP contribution in [0.5, 0.6) is 0 Å². The van der Waals surface area contributed by atoms with Gasteiger partial charge in [0.25, 0.3) is 0 Å². The van der Waals surface area contributed by atoms with Gasteiger partial charge in [-0.1, -0.05) is 6.92 Å². The molecule has 0 aliphatic carbocycles. The number of methoxy groups -OCH3 is 10. The average Bonchev–Trinajstić information content (AvgIpc) is 0.846. The van der Waals surface area contributed by atoms with Crippen molar-refractivity contribution in [2.75, 3.05) is 243 Å². The van der Waals surface area contributed by atoms with Crippen LogP contribution in [-0.4, -0.2) is 350 Å². The van der Waals surface area contributed by atoms with Gasteiger partial charge in [-0.2, -0.15) is 0 Å². The molecule has 716 valence electrons. The molecule has 0 rings (SSSR count). The number of hydrogen-bond donors (Lipinski definition) is 0. The zero-order valence-corrected chi connectivity index (χ0v) is 73.6. The second-order valence-electron chi connectivity index (χ2n) is 26.3. The van der Waals surface area contributed by atoms with E-state index in [0.29, 0.717) is 0 Å². The Morgan fingerprint density at radius 1 is 0.210 bits per heavy atom. The van der Waals surface area contributed by atoms with Gasteiger partial charge < -0.3 is 128 Å². The molecule has 0 aliphatic rings. The Kier molecular flexibility index (Phi) is 79.6. The van der Waals surface area contributed by atoms with Gasteiger partial charge in [-0.3, -0.25) is 81.5 Å². The van der Waals surface area contributed by atoms with Gasteiger partial charge in [-0.25, -0.2) is 0 Å². The third-order valence-corrected chi connectivity index (χ3v) is 15.7. The molecule has 0 spiro atoms. The maximum atomic E-state index is 13.1. The minimum atomic E-state index is -1.65. The maximum Gasteiger partial charge on any atom is 0.310 e. The van der Waals surface area contributed by atoms with Gasteiger partial charge in [0.15, 0.2) is 6.10 Å². The highest BCUT2D eigenvalue weighted by molar-refractivity contribution is 5.85. The van der Waals surface area contributed by atoms with E-state index in [4.69, 9.17) is 128 Å². The summed E-state index contributed by atoms with van der Waals surface area (Å²) in [6, 6.07) is 0. The molecule has 124 heavy (non-hydrogen) atoms. The van der Waals surface area contributed by atoms with E-state index in [9.17, 15) is 81.5 Å². The summed E-state index contributed by atoms with van der Waals surface area (Å²) in [6.07, 6.45) is -2.23. The number of ether oxygens (including phenoxy) is 27. The first-order chi connectivity index (χ1) is 59.6. The van der Waals surface area contributed by atoms with E-state index < -0.39 is 164 Å². The van der Waals surface area contributed by atoms with E-state index in [0.717, 1.165) is 0 Å². The SMILES string of the molecule is COCCOC(=O)CC(CC(=O)OCCOC)C(=O)OCCOC.COCCOC(=O)CCCC(=O)OCC(COC(=O)CCCC(=O)OCCOC)(COC(=O)CCCC(=O)OCCOC)COC(=O)C(C)CCC(=O)OCCOC.COCCOC(=O)CCCC(=O)OCC(COC(=O)CCCC(=O)OCCOC)OC(=O)CCCC(=O)OCCOC. The molecule has 0 aliphatic heterocycles. The van der Waals surface area contributed by atoms with Crippen molar-refractivity contribution in [2.24, 2.45) is 17.3 Å². The number of carbonyl (C=O) groups is 17. The lowest BCUT2D eigenvalue weighted by Gasteiger charge is -2.32. The molecule has 0 aromatic rings. The fraction of sp³-hybridized carbons (Fsp3) is 0.787. The van der Waals surface area contributed by atoms with Crippen molar-refractivity contribution < 1.29 is 209 Å². The largest absolute Gasteiger partial charge is 0.465 e. The summed E-state index contributed by atoms with van der Waals surface area (Å²) in [5, 5.41) is 0. The summed E-state index contributed by atoms with van der Waals surface area (Å²) in [5.41, 5.74) is -1.65. The van der Waals surface area contributed by atoms with Crippen LogP contribution in [-0.2, 0) is 209 Å². The first-order valence-corrected chi connectivity index (χ1v) is 40.2. The second-order valence-corrected chi connectivity index (χ2v) is 26.3. The Labute approximate surface area is 722 Å². The molecular formula is C80H132O44. The fourth-order valence-corrected chi connectivity index (χ4v) is 8.88. The van der Waals surface area contributed by atoms with Gasteiger partial charge in [0.1, 0.15) is 111 Å². The standard InChI is InChI=1S/C38H62O20.C27H44O15.C15H26O9/c1-29(15-16-36(45)54-24-20-50-5)37(46)58-28-38(25-55-33(42)12-6-9-30(39)51-21-17-47-2,26-56-34(43)13-7-10-31(40)52-22-18-48-3)27-57-35(44)14-8-11-32(41)53-23-19-49-4;1-34-13-16-37-22(28)7-4-10-25(31)40-19-21(42-27(33)12-6-9-24(30)39-18-15-36-3)20-41-26(32)11-5-8-23(29)38-17-14-35-2;1-19-4-7-22-13(16)10-12(15(18)24-9-6-21-3)11-14(17)23-8-5-20-2/h29H,6-28H2,1-5H3;21H,4-20H2,1-3H3;12H,4-11H2,1-3H3. The van der Waals surface area contributed by atoms with Crippen LogP contribution in [0.1, 0.15) is 148 Å². The Balaban J connectivity index is -0.00000193. The molecule has 0 bridgehead atoms.